The lowest BCUT2D eigenvalue weighted by molar-refractivity contribution is -0.149. The van der Waals surface area contributed by atoms with Crippen molar-refractivity contribution < 1.29 is 19.4 Å². The van der Waals surface area contributed by atoms with E-state index in [0.717, 1.165) is 11.1 Å². The predicted octanol–water partition coefficient (Wildman–Crippen LogP) is 5.12. The van der Waals surface area contributed by atoms with Gasteiger partial charge in [-0.3, -0.25) is 0 Å². The Bertz CT molecular complexity index is 737. The molecule has 0 spiro atoms. The van der Waals surface area contributed by atoms with Gasteiger partial charge < -0.3 is 14.6 Å². The molecule has 0 aromatic heterocycles. The maximum absolute atomic E-state index is 11.1. The molecule has 0 aliphatic carbocycles. The van der Waals surface area contributed by atoms with E-state index in [9.17, 15) is 4.79 Å². The molecule has 0 amide bonds. The van der Waals surface area contributed by atoms with E-state index >= 15 is 0 Å². The molecule has 26 heavy (non-hydrogen) atoms. The Balaban J connectivity index is 1.87. The van der Waals surface area contributed by atoms with Crippen molar-refractivity contribution in [2.24, 2.45) is 0 Å². The molecule has 6 heteroatoms. The van der Waals surface area contributed by atoms with Crippen molar-refractivity contribution in [1.29, 1.82) is 0 Å². The van der Waals surface area contributed by atoms with Gasteiger partial charge in [-0.05, 0) is 54.5 Å². The molecular formula is C20H20Cl2O4. The van der Waals surface area contributed by atoms with Crippen LogP contribution in [0.2, 0.25) is 10.0 Å². The van der Waals surface area contributed by atoms with Crippen molar-refractivity contribution in [2.75, 3.05) is 13.2 Å². The van der Waals surface area contributed by atoms with E-state index in [0.29, 0.717) is 35.4 Å². The molecular weight excluding hydrogens is 375 g/mol. The first-order valence-electron chi connectivity index (χ1n) is 8.16. The van der Waals surface area contributed by atoms with Crippen LogP contribution in [0.25, 0.3) is 6.08 Å². The SMILES string of the molecule is CCOC(Cc1ccc(OC/C=C\c2cc(Cl)cc(Cl)c2)cc1)C(=O)O. The zero-order chi connectivity index (χ0) is 18.9. The highest BCUT2D eigenvalue weighted by molar-refractivity contribution is 6.34. The molecule has 2 aromatic rings. The average Bonchev–Trinajstić information content (AvgIpc) is 2.59. The maximum atomic E-state index is 11.1. The Morgan fingerprint density at radius 2 is 1.81 bits per heavy atom. The molecule has 1 unspecified atom stereocenters. The second-order valence-electron chi connectivity index (χ2n) is 5.55. The monoisotopic (exact) mass is 394 g/mol. The zero-order valence-corrected chi connectivity index (χ0v) is 15.8. The van der Waals surface area contributed by atoms with Gasteiger partial charge in [0.1, 0.15) is 12.4 Å². The standard InChI is InChI=1S/C20H20Cl2O4/c1-2-25-19(20(23)24)12-14-5-7-18(8-6-14)26-9-3-4-15-10-16(21)13-17(22)11-15/h3-8,10-11,13,19H,2,9,12H2,1H3,(H,23,24)/b4-3-. The van der Waals surface area contributed by atoms with Crippen LogP contribution in [0.1, 0.15) is 18.1 Å². The quantitative estimate of drug-likeness (QED) is 0.641. The molecule has 138 valence electrons. The van der Waals surface area contributed by atoms with E-state index in [4.69, 9.17) is 37.8 Å². The van der Waals surface area contributed by atoms with Crippen molar-refractivity contribution in [3.8, 4) is 5.75 Å². The highest BCUT2D eigenvalue weighted by atomic mass is 35.5. The Kier molecular flexibility index (Phi) is 7.98. The summed E-state index contributed by atoms with van der Waals surface area (Å²) in [5, 5.41) is 10.3. The Labute approximate surface area is 163 Å². The molecule has 0 saturated heterocycles. The summed E-state index contributed by atoms with van der Waals surface area (Å²) in [5.74, 6) is -0.260. The minimum absolute atomic E-state index is 0.318. The molecule has 0 bridgehead atoms. The number of hydrogen-bond acceptors (Lipinski definition) is 3. The summed E-state index contributed by atoms with van der Waals surface area (Å²) < 4.78 is 10.9. The third kappa shape index (κ3) is 6.71. The van der Waals surface area contributed by atoms with Gasteiger partial charge in [-0.25, -0.2) is 4.79 Å². The normalized spacial score (nSPS) is 12.3. The third-order valence-electron chi connectivity index (χ3n) is 3.53. The molecule has 1 atom stereocenters. The second-order valence-corrected chi connectivity index (χ2v) is 6.42. The number of benzene rings is 2. The van der Waals surface area contributed by atoms with Crippen LogP contribution in [-0.2, 0) is 16.0 Å². The van der Waals surface area contributed by atoms with Gasteiger partial charge in [0.15, 0.2) is 6.10 Å². The third-order valence-corrected chi connectivity index (χ3v) is 3.97. The van der Waals surface area contributed by atoms with E-state index in [1.54, 1.807) is 13.0 Å². The average molecular weight is 395 g/mol. The summed E-state index contributed by atoms with van der Waals surface area (Å²) in [7, 11) is 0. The van der Waals surface area contributed by atoms with Gasteiger partial charge in [0.25, 0.3) is 0 Å². The van der Waals surface area contributed by atoms with Crippen molar-refractivity contribution in [2.45, 2.75) is 19.4 Å². The van der Waals surface area contributed by atoms with E-state index < -0.39 is 12.1 Å². The number of carbonyl (C=O) groups is 1. The van der Waals surface area contributed by atoms with Crippen molar-refractivity contribution in [3.63, 3.8) is 0 Å². The summed E-state index contributed by atoms with van der Waals surface area (Å²) in [6.07, 6.45) is 3.23. The molecule has 0 fully saturated rings. The summed E-state index contributed by atoms with van der Waals surface area (Å²) in [4.78, 5) is 11.1. The second kappa shape index (κ2) is 10.2. The van der Waals surface area contributed by atoms with Gasteiger partial charge in [-0.15, -0.1) is 0 Å². The zero-order valence-electron chi connectivity index (χ0n) is 14.3. The van der Waals surface area contributed by atoms with Crippen LogP contribution in [0, 0.1) is 0 Å². The summed E-state index contributed by atoms with van der Waals surface area (Å²) >= 11 is 11.9. The van der Waals surface area contributed by atoms with Gasteiger partial charge >= 0.3 is 5.97 Å². The van der Waals surface area contributed by atoms with Gasteiger partial charge in [0.2, 0.25) is 0 Å². The lowest BCUT2D eigenvalue weighted by Crippen LogP contribution is -2.26. The minimum atomic E-state index is -0.960. The van der Waals surface area contributed by atoms with E-state index in [1.165, 1.54) is 0 Å². The van der Waals surface area contributed by atoms with Crippen LogP contribution in [0.5, 0.6) is 5.75 Å². The Morgan fingerprint density at radius 1 is 1.15 bits per heavy atom. The lowest BCUT2D eigenvalue weighted by atomic mass is 10.1. The minimum Gasteiger partial charge on any atom is -0.490 e. The van der Waals surface area contributed by atoms with Crippen molar-refractivity contribution >= 4 is 35.2 Å². The van der Waals surface area contributed by atoms with Crippen LogP contribution in [-0.4, -0.2) is 30.4 Å². The molecule has 0 saturated carbocycles. The van der Waals surface area contributed by atoms with Crippen LogP contribution in [0.4, 0.5) is 0 Å². The van der Waals surface area contributed by atoms with Gasteiger partial charge in [-0.2, -0.15) is 0 Å². The summed E-state index contributed by atoms with van der Waals surface area (Å²) in [6.45, 7) is 2.53. The van der Waals surface area contributed by atoms with E-state index in [-0.39, 0.29) is 0 Å². The van der Waals surface area contributed by atoms with Crippen molar-refractivity contribution in [1.82, 2.24) is 0 Å². The molecule has 2 aromatic carbocycles. The number of carboxylic acids is 1. The molecule has 0 heterocycles. The van der Waals surface area contributed by atoms with Crippen molar-refractivity contribution in [3.05, 3.63) is 69.7 Å². The number of halogens is 2. The topological polar surface area (TPSA) is 55.8 Å². The first-order chi connectivity index (χ1) is 12.5. The maximum Gasteiger partial charge on any atom is 0.333 e. The number of carboxylic acid groups (broad SMARTS) is 1. The number of ether oxygens (including phenoxy) is 2. The molecule has 1 N–H and O–H groups in total. The van der Waals surface area contributed by atoms with Crippen LogP contribution in [0.3, 0.4) is 0 Å². The lowest BCUT2D eigenvalue weighted by Gasteiger charge is -2.12. The number of rotatable bonds is 9. The number of hydrogen-bond donors (Lipinski definition) is 1. The largest absolute Gasteiger partial charge is 0.490 e. The van der Waals surface area contributed by atoms with Crippen LogP contribution in [0.15, 0.2) is 48.5 Å². The van der Waals surface area contributed by atoms with Gasteiger partial charge in [-0.1, -0.05) is 41.4 Å². The summed E-state index contributed by atoms with van der Waals surface area (Å²) in [6, 6.07) is 12.6. The number of aliphatic carboxylic acids is 1. The van der Waals surface area contributed by atoms with E-state index in [2.05, 4.69) is 0 Å². The smallest absolute Gasteiger partial charge is 0.333 e. The summed E-state index contributed by atoms with van der Waals surface area (Å²) in [5.41, 5.74) is 1.78. The molecule has 4 nitrogen and oxygen atoms in total. The fraction of sp³-hybridized carbons (Fsp3) is 0.250. The highest BCUT2D eigenvalue weighted by Gasteiger charge is 2.17. The van der Waals surface area contributed by atoms with Gasteiger partial charge in [0.05, 0.1) is 0 Å². The molecule has 2 rings (SSSR count). The first-order valence-corrected chi connectivity index (χ1v) is 8.92. The van der Waals surface area contributed by atoms with Gasteiger partial charge in [0, 0.05) is 23.1 Å². The fourth-order valence-electron chi connectivity index (χ4n) is 2.35. The highest BCUT2D eigenvalue weighted by Crippen LogP contribution is 2.20. The Hall–Kier alpha value is -2.01. The predicted molar refractivity (Wildman–Crippen MR) is 104 cm³/mol. The fourth-order valence-corrected chi connectivity index (χ4v) is 2.90. The molecule has 0 radical (unpaired) electrons. The van der Waals surface area contributed by atoms with E-state index in [1.807, 2.05) is 48.6 Å². The van der Waals surface area contributed by atoms with Crippen LogP contribution >= 0.6 is 23.2 Å². The van der Waals surface area contributed by atoms with Crippen LogP contribution < -0.4 is 4.74 Å². The molecule has 0 aliphatic heterocycles. The Morgan fingerprint density at radius 3 is 2.38 bits per heavy atom. The first kappa shape index (κ1) is 20.3. The molecule has 0 aliphatic rings.